The molecule has 2 rings (SSSR count). The highest BCUT2D eigenvalue weighted by molar-refractivity contribution is 5.93. The standard InChI is InChI=1S/C10H8N2O2/c13-10(12-6-5-11-8-12)4-3-9-2-1-7-14-9/h1-8H/b4-3+. The van der Waals surface area contributed by atoms with Crippen LogP contribution in [-0.4, -0.2) is 15.5 Å². The molecule has 70 valence electrons. The van der Waals surface area contributed by atoms with E-state index in [0.29, 0.717) is 5.76 Å². The Bertz CT molecular complexity index is 427. The van der Waals surface area contributed by atoms with Crippen LogP contribution in [0.1, 0.15) is 10.6 Å². The molecular weight excluding hydrogens is 180 g/mol. The highest BCUT2D eigenvalue weighted by Gasteiger charge is 1.97. The second-order valence-corrected chi connectivity index (χ2v) is 2.66. The van der Waals surface area contributed by atoms with E-state index in [1.165, 1.54) is 17.0 Å². The fraction of sp³-hybridized carbons (Fsp3) is 0. The van der Waals surface area contributed by atoms with E-state index >= 15 is 0 Å². The van der Waals surface area contributed by atoms with E-state index in [4.69, 9.17) is 4.42 Å². The highest BCUT2D eigenvalue weighted by atomic mass is 16.3. The number of hydrogen-bond acceptors (Lipinski definition) is 3. The maximum absolute atomic E-state index is 11.4. The molecule has 0 N–H and O–H groups in total. The van der Waals surface area contributed by atoms with Gasteiger partial charge in [-0.1, -0.05) is 0 Å². The Kier molecular flexibility index (Phi) is 2.27. The molecule has 4 nitrogen and oxygen atoms in total. The van der Waals surface area contributed by atoms with Crippen molar-refractivity contribution >= 4 is 12.0 Å². The Hall–Kier alpha value is -2.10. The normalized spacial score (nSPS) is 10.9. The van der Waals surface area contributed by atoms with Crippen LogP contribution < -0.4 is 0 Å². The number of allylic oxidation sites excluding steroid dienone is 1. The van der Waals surface area contributed by atoms with Gasteiger partial charge in [0.1, 0.15) is 12.1 Å². The molecule has 2 heterocycles. The molecule has 0 aliphatic rings. The maximum Gasteiger partial charge on any atom is 0.255 e. The molecule has 0 radical (unpaired) electrons. The molecule has 0 aliphatic heterocycles. The lowest BCUT2D eigenvalue weighted by Gasteiger charge is -1.91. The topological polar surface area (TPSA) is 48.0 Å². The van der Waals surface area contributed by atoms with Crippen LogP contribution in [0.15, 0.2) is 47.6 Å². The van der Waals surface area contributed by atoms with Gasteiger partial charge in [-0.2, -0.15) is 0 Å². The van der Waals surface area contributed by atoms with Gasteiger partial charge in [-0.25, -0.2) is 4.98 Å². The lowest BCUT2D eigenvalue weighted by atomic mass is 10.4. The van der Waals surface area contributed by atoms with E-state index in [1.54, 1.807) is 36.9 Å². The monoisotopic (exact) mass is 188 g/mol. The SMILES string of the molecule is O=C(/C=C/c1ccco1)n1ccnc1. The minimum Gasteiger partial charge on any atom is -0.465 e. The van der Waals surface area contributed by atoms with Crippen molar-refractivity contribution in [2.75, 3.05) is 0 Å². The molecule has 0 saturated carbocycles. The summed E-state index contributed by atoms with van der Waals surface area (Å²) in [6.45, 7) is 0. The van der Waals surface area contributed by atoms with Crippen LogP contribution in [0, 0.1) is 0 Å². The Balaban J connectivity index is 2.09. The van der Waals surface area contributed by atoms with Gasteiger partial charge in [-0.05, 0) is 18.2 Å². The minimum absolute atomic E-state index is 0.154. The fourth-order valence-corrected chi connectivity index (χ4v) is 1.02. The van der Waals surface area contributed by atoms with Gasteiger partial charge in [0, 0.05) is 18.5 Å². The first-order valence-corrected chi connectivity index (χ1v) is 4.10. The highest BCUT2D eigenvalue weighted by Crippen LogP contribution is 2.02. The number of carbonyl (C=O) groups is 1. The summed E-state index contributed by atoms with van der Waals surface area (Å²) in [6.07, 6.45) is 9.20. The summed E-state index contributed by atoms with van der Waals surface area (Å²) in [4.78, 5) is 15.2. The van der Waals surface area contributed by atoms with Crippen molar-refractivity contribution in [3.05, 3.63) is 49.0 Å². The Morgan fingerprint density at radius 3 is 3.14 bits per heavy atom. The predicted octanol–water partition coefficient (Wildman–Crippen LogP) is 1.83. The first-order chi connectivity index (χ1) is 6.86. The zero-order valence-electron chi connectivity index (χ0n) is 7.33. The van der Waals surface area contributed by atoms with Crippen LogP contribution in [0.4, 0.5) is 0 Å². The molecule has 0 aromatic carbocycles. The molecule has 0 spiro atoms. The van der Waals surface area contributed by atoms with E-state index in [2.05, 4.69) is 4.98 Å². The number of imidazole rings is 1. The van der Waals surface area contributed by atoms with Gasteiger partial charge in [-0.3, -0.25) is 9.36 Å². The molecule has 0 unspecified atom stereocenters. The lowest BCUT2D eigenvalue weighted by molar-refractivity contribution is 0.0969. The molecule has 2 aromatic heterocycles. The lowest BCUT2D eigenvalue weighted by Crippen LogP contribution is -2.03. The largest absolute Gasteiger partial charge is 0.465 e. The molecule has 4 heteroatoms. The van der Waals surface area contributed by atoms with E-state index < -0.39 is 0 Å². The summed E-state index contributed by atoms with van der Waals surface area (Å²) in [5.41, 5.74) is 0. The van der Waals surface area contributed by atoms with Crippen LogP contribution in [0.25, 0.3) is 6.08 Å². The molecule has 0 atom stereocenters. The number of aromatic nitrogens is 2. The van der Waals surface area contributed by atoms with Gasteiger partial charge in [-0.15, -0.1) is 0 Å². The second kappa shape index (κ2) is 3.74. The van der Waals surface area contributed by atoms with E-state index in [-0.39, 0.29) is 5.91 Å². The third-order valence-corrected chi connectivity index (χ3v) is 1.69. The van der Waals surface area contributed by atoms with Crippen LogP contribution >= 0.6 is 0 Å². The van der Waals surface area contributed by atoms with Crippen molar-refractivity contribution in [1.82, 2.24) is 9.55 Å². The molecule has 2 aromatic rings. The van der Waals surface area contributed by atoms with Crippen molar-refractivity contribution in [3.8, 4) is 0 Å². The predicted molar refractivity (Wildman–Crippen MR) is 50.6 cm³/mol. The van der Waals surface area contributed by atoms with Crippen molar-refractivity contribution in [2.45, 2.75) is 0 Å². The summed E-state index contributed by atoms with van der Waals surface area (Å²) in [5, 5.41) is 0. The average Bonchev–Trinajstić information content (AvgIpc) is 2.87. The number of rotatable bonds is 2. The molecule has 14 heavy (non-hydrogen) atoms. The molecule has 0 bridgehead atoms. The number of hydrogen-bond donors (Lipinski definition) is 0. The summed E-state index contributed by atoms with van der Waals surface area (Å²) < 4.78 is 6.43. The quantitative estimate of drug-likeness (QED) is 0.675. The number of furan rings is 1. The Morgan fingerprint density at radius 1 is 1.57 bits per heavy atom. The van der Waals surface area contributed by atoms with Crippen LogP contribution in [0.2, 0.25) is 0 Å². The Labute approximate surface area is 80.5 Å². The molecule has 0 amide bonds. The van der Waals surface area contributed by atoms with Gasteiger partial charge in [0.05, 0.1) is 6.26 Å². The zero-order chi connectivity index (χ0) is 9.80. The molecule has 0 fully saturated rings. The summed E-state index contributed by atoms with van der Waals surface area (Å²) in [5.74, 6) is 0.498. The van der Waals surface area contributed by atoms with E-state index in [9.17, 15) is 4.79 Å². The first-order valence-electron chi connectivity index (χ1n) is 4.10. The Morgan fingerprint density at radius 2 is 2.50 bits per heavy atom. The smallest absolute Gasteiger partial charge is 0.255 e. The van der Waals surface area contributed by atoms with Gasteiger partial charge in [0.2, 0.25) is 0 Å². The van der Waals surface area contributed by atoms with Crippen molar-refractivity contribution in [2.24, 2.45) is 0 Å². The van der Waals surface area contributed by atoms with Gasteiger partial charge < -0.3 is 4.42 Å². The minimum atomic E-state index is -0.154. The van der Waals surface area contributed by atoms with Crippen molar-refractivity contribution in [3.63, 3.8) is 0 Å². The summed E-state index contributed by atoms with van der Waals surface area (Å²) >= 11 is 0. The summed E-state index contributed by atoms with van der Waals surface area (Å²) in [7, 11) is 0. The fourth-order valence-electron chi connectivity index (χ4n) is 1.02. The third-order valence-electron chi connectivity index (χ3n) is 1.69. The average molecular weight is 188 g/mol. The van der Waals surface area contributed by atoms with Crippen LogP contribution in [0.3, 0.4) is 0 Å². The van der Waals surface area contributed by atoms with E-state index in [1.807, 2.05) is 0 Å². The maximum atomic E-state index is 11.4. The third kappa shape index (κ3) is 1.80. The van der Waals surface area contributed by atoms with Crippen LogP contribution in [0.5, 0.6) is 0 Å². The molecular formula is C10H8N2O2. The number of carbonyl (C=O) groups excluding carboxylic acids is 1. The second-order valence-electron chi connectivity index (χ2n) is 2.66. The van der Waals surface area contributed by atoms with Crippen LogP contribution in [-0.2, 0) is 0 Å². The van der Waals surface area contributed by atoms with Crippen molar-refractivity contribution in [1.29, 1.82) is 0 Å². The molecule has 0 aliphatic carbocycles. The number of nitrogens with zero attached hydrogens (tertiary/aromatic N) is 2. The van der Waals surface area contributed by atoms with Gasteiger partial charge in [0.15, 0.2) is 0 Å². The van der Waals surface area contributed by atoms with Gasteiger partial charge in [0.25, 0.3) is 5.91 Å². The van der Waals surface area contributed by atoms with Gasteiger partial charge >= 0.3 is 0 Å². The van der Waals surface area contributed by atoms with Crippen molar-refractivity contribution < 1.29 is 9.21 Å². The zero-order valence-corrected chi connectivity index (χ0v) is 7.33. The van der Waals surface area contributed by atoms with E-state index in [0.717, 1.165) is 0 Å². The summed E-state index contributed by atoms with van der Waals surface area (Å²) in [6, 6.07) is 3.54. The molecule has 0 saturated heterocycles. The first kappa shape index (κ1) is 8.50.